The highest BCUT2D eigenvalue weighted by molar-refractivity contribution is 7.89. The van der Waals surface area contributed by atoms with Crippen LogP contribution in [0.15, 0.2) is 29.2 Å². The van der Waals surface area contributed by atoms with Crippen LogP contribution in [0.5, 0.6) is 11.5 Å². The van der Waals surface area contributed by atoms with E-state index < -0.39 is 10.0 Å². The van der Waals surface area contributed by atoms with Gasteiger partial charge in [0.1, 0.15) is 16.4 Å². The topological polar surface area (TPSA) is 114 Å². The van der Waals surface area contributed by atoms with E-state index in [-0.39, 0.29) is 23.5 Å². The van der Waals surface area contributed by atoms with Crippen LogP contribution in [0, 0.1) is 13.8 Å². The van der Waals surface area contributed by atoms with Crippen LogP contribution < -0.4 is 14.8 Å². The number of ether oxygens (including phenoxy) is 2. The van der Waals surface area contributed by atoms with Gasteiger partial charge in [-0.05, 0) is 57.9 Å². The number of amides is 1. The minimum Gasteiger partial charge on any atom is -0.494 e. The highest BCUT2D eigenvalue weighted by Gasteiger charge is 2.33. The van der Waals surface area contributed by atoms with E-state index in [9.17, 15) is 13.2 Å². The second kappa shape index (κ2) is 9.48. The lowest BCUT2D eigenvalue weighted by Crippen LogP contribution is -2.47. The van der Waals surface area contributed by atoms with E-state index >= 15 is 0 Å². The molecule has 1 aromatic carbocycles. The fraction of sp³-hybridized carbons (Fsp3) is 0.500. The Hall–Kier alpha value is -2.59. The Bertz CT molecular complexity index is 944. The first-order chi connectivity index (χ1) is 14.3. The first-order valence-electron chi connectivity index (χ1n) is 9.98. The molecular weight excluding hydrogens is 408 g/mol. The molecule has 1 saturated heterocycles. The van der Waals surface area contributed by atoms with Crippen molar-refractivity contribution in [1.82, 2.24) is 19.8 Å². The molecule has 30 heavy (non-hydrogen) atoms. The Labute approximate surface area is 176 Å². The summed E-state index contributed by atoms with van der Waals surface area (Å²) < 4.78 is 38.1. The maximum absolute atomic E-state index is 12.9. The van der Waals surface area contributed by atoms with E-state index in [4.69, 9.17) is 9.47 Å². The first-order valence-corrected chi connectivity index (χ1v) is 11.4. The van der Waals surface area contributed by atoms with Crippen LogP contribution in [0.3, 0.4) is 0 Å². The molecule has 9 nitrogen and oxygen atoms in total. The van der Waals surface area contributed by atoms with Gasteiger partial charge in [0.15, 0.2) is 6.61 Å². The van der Waals surface area contributed by atoms with Crippen LogP contribution in [-0.4, -0.2) is 61.2 Å². The smallest absolute Gasteiger partial charge is 0.258 e. The summed E-state index contributed by atoms with van der Waals surface area (Å²) in [5.41, 5.74) is 1.00. The monoisotopic (exact) mass is 436 g/mol. The minimum atomic E-state index is -3.59. The van der Waals surface area contributed by atoms with E-state index in [1.807, 2.05) is 6.92 Å². The van der Waals surface area contributed by atoms with Crippen molar-refractivity contribution in [2.24, 2.45) is 0 Å². The van der Waals surface area contributed by atoms with Crippen LogP contribution in [0.4, 0.5) is 0 Å². The van der Waals surface area contributed by atoms with Crippen LogP contribution in [0.25, 0.3) is 0 Å². The summed E-state index contributed by atoms with van der Waals surface area (Å²) in [5.74, 6) is 1.10. The number of benzene rings is 1. The molecule has 0 unspecified atom stereocenters. The normalized spacial score (nSPS) is 15.7. The molecule has 0 atom stereocenters. The minimum absolute atomic E-state index is 0.0839. The maximum atomic E-state index is 12.9. The molecule has 1 aliphatic rings. The first kappa shape index (κ1) is 22.1. The number of H-pyrrole nitrogens is 1. The standard InChI is InChI=1S/C20H28N4O5S/c1-4-28-17-5-7-18(8-6-17)29-13-19(25)21-16-9-11-24(12-10-16)30(26,27)20-14(2)22-23-15(20)3/h5-8,16H,4,9-13H2,1-3H3,(H,21,25)(H,22,23). The molecule has 1 amide bonds. The summed E-state index contributed by atoms with van der Waals surface area (Å²) in [7, 11) is -3.59. The van der Waals surface area contributed by atoms with Crippen molar-refractivity contribution in [1.29, 1.82) is 0 Å². The van der Waals surface area contributed by atoms with Gasteiger partial charge in [0.2, 0.25) is 10.0 Å². The van der Waals surface area contributed by atoms with E-state index in [2.05, 4.69) is 15.5 Å². The molecular formula is C20H28N4O5S. The summed E-state index contributed by atoms with van der Waals surface area (Å²) in [6.45, 7) is 6.46. The van der Waals surface area contributed by atoms with Crippen molar-refractivity contribution in [2.45, 2.75) is 44.6 Å². The Morgan fingerprint density at radius 2 is 1.77 bits per heavy atom. The molecule has 1 aromatic heterocycles. The van der Waals surface area contributed by atoms with Crippen molar-refractivity contribution in [3.8, 4) is 11.5 Å². The quantitative estimate of drug-likeness (QED) is 0.652. The fourth-order valence-corrected chi connectivity index (χ4v) is 5.31. The zero-order chi connectivity index (χ0) is 21.7. The molecule has 0 aliphatic carbocycles. The predicted octanol–water partition coefficient (Wildman–Crippen LogP) is 1.77. The highest BCUT2D eigenvalue weighted by Crippen LogP contribution is 2.24. The molecule has 0 spiro atoms. The molecule has 164 valence electrons. The molecule has 2 heterocycles. The summed E-state index contributed by atoms with van der Waals surface area (Å²) in [4.78, 5) is 12.4. The van der Waals surface area contributed by atoms with Gasteiger partial charge >= 0.3 is 0 Å². The maximum Gasteiger partial charge on any atom is 0.258 e. The Balaban J connectivity index is 1.47. The fourth-order valence-electron chi connectivity index (χ4n) is 3.51. The van der Waals surface area contributed by atoms with E-state index in [0.717, 1.165) is 5.75 Å². The van der Waals surface area contributed by atoms with Crippen molar-refractivity contribution in [3.63, 3.8) is 0 Å². The third-order valence-electron chi connectivity index (χ3n) is 4.98. The SMILES string of the molecule is CCOc1ccc(OCC(=O)NC2CCN(S(=O)(=O)c3c(C)n[nH]c3C)CC2)cc1. The summed E-state index contributed by atoms with van der Waals surface area (Å²) >= 11 is 0. The Morgan fingerprint density at radius 1 is 1.17 bits per heavy atom. The number of nitrogens with zero attached hydrogens (tertiary/aromatic N) is 2. The van der Waals surface area contributed by atoms with Gasteiger partial charge in [-0.15, -0.1) is 0 Å². The van der Waals surface area contributed by atoms with Gasteiger partial charge in [0.25, 0.3) is 5.91 Å². The third kappa shape index (κ3) is 5.11. The van der Waals surface area contributed by atoms with Crippen molar-refractivity contribution < 1.29 is 22.7 Å². The third-order valence-corrected chi connectivity index (χ3v) is 7.14. The lowest BCUT2D eigenvalue weighted by Gasteiger charge is -2.31. The lowest BCUT2D eigenvalue weighted by molar-refractivity contribution is -0.124. The summed E-state index contributed by atoms with van der Waals surface area (Å²) in [5, 5.41) is 9.62. The second-order valence-corrected chi connectivity index (χ2v) is 9.08. The van der Waals surface area contributed by atoms with Gasteiger partial charge in [-0.1, -0.05) is 0 Å². The molecule has 2 N–H and O–H groups in total. The van der Waals surface area contributed by atoms with Crippen molar-refractivity contribution in [3.05, 3.63) is 35.7 Å². The van der Waals surface area contributed by atoms with E-state index in [1.165, 1.54) is 4.31 Å². The number of piperidine rings is 1. The van der Waals surface area contributed by atoms with E-state index in [0.29, 0.717) is 49.7 Å². The van der Waals surface area contributed by atoms with Gasteiger partial charge in [-0.3, -0.25) is 9.89 Å². The zero-order valence-electron chi connectivity index (χ0n) is 17.5. The molecule has 0 radical (unpaired) electrons. The molecule has 10 heteroatoms. The van der Waals surface area contributed by atoms with Gasteiger partial charge < -0.3 is 14.8 Å². The van der Waals surface area contributed by atoms with Gasteiger partial charge in [0.05, 0.1) is 18.0 Å². The molecule has 3 rings (SSSR count). The molecule has 2 aromatic rings. The van der Waals surface area contributed by atoms with Gasteiger partial charge in [-0.25, -0.2) is 8.42 Å². The number of carbonyl (C=O) groups is 1. The van der Waals surface area contributed by atoms with Crippen molar-refractivity contribution in [2.75, 3.05) is 26.3 Å². The number of aromatic amines is 1. The molecule has 0 saturated carbocycles. The highest BCUT2D eigenvalue weighted by atomic mass is 32.2. The number of aromatic nitrogens is 2. The van der Waals surface area contributed by atoms with Crippen molar-refractivity contribution >= 4 is 15.9 Å². The second-order valence-electron chi connectivity index (χ2n) is 7.20. The zero-order valence-corrected chi connectivity index (χ0v) is 18.3. The van der Waals surface area contributed by atoms with Crippen LogP contribution in [0.1, 0.15) is 31.2 Å². The number of sulfonamides is 1. The molecule has 1 fully saturated rings. The number of aryl methyl sites for hydroxylation is 2. The molecule has 0 bridgehead atoms. The number of nitrogens with one attached hydrogen (secondary N) is 2. The Morgan fingerprint density at radius 3 is 2.30 bits per heavy atom. The largest absolute Gasteiger partial charge is 0.494 e. The summed E-state index contributed by atoms with van der Waals surface area (Å²) in [6.07, 6.45) is 1.09. The van der Waals surface area contributed by atoms with Crippen LogP contribution in [-0.2, 0) is 14.8 Å². The lowest BCUT2D eigenvalue weighted by atomic mass is 10.1. The number of hydrogen-bond donors (Lipinski definition) is 2. The van der Waals surface area contributed by atoms with Crippen LogP contribution in [0.2, 0.25) is 0 Å². The number of hydrogen-bond acceptors (Lipinski definition) is 6. The predicted molar refractivity (Wildman–Crippen MR) is 111 cm³/mol. The summed E-state index contributed by atoms with van der Waals surface area (Å²) in [6, 6.07) is 7.00. The number of carbonyl (C=O) groups excluding carboxylic acids is 1. The van der Waals surface area contributed by atoms with Crippen LogP contribution >= 0.6 is 0 Å². The molecule has 1 aliphatic heterocycles. The van der Waals surface area contributed by atoms with Gasteiger partial charge in [0, 0.05) is 19.1 Å². The number of rotatable bonds is 8. The average molecular weight is 437 g/mol. The van der Waals surface area contributed by atoms with Gasteiger partial charge in [-0.2, -0.15) is 9.40 Å². The average Bonchev–Trinajstić information content (AvgIpc) is 3.07. The Kier molecular flexibility index (Phi) is 6.99. The van der Waals surface area contributed by atoms with E-state index in [1.54, 1.807) is 38.1 Å².